The Morgan fingerprint density at radius 3 is 2.62 bits per heavy atom. The Morgan fingerprint density at radius 2 is 1.79 bits per heavy atom. The average Bonchev–Trinajstić information content (AvgIpc) is 3.19. The molecule has 0 atom stereocenters. The summed E-state index contributed by atoms with van der Waals surface area (Å²) in [6.45, 7) is 6.23. The van der Waals surface area contributed by atoms with E-state index in [-0.39, 0.29) is 5.91 Å². The molecule has 1 aromatic heterocycles. The van der Waals surface area contributed by atoms with Gasteiger partial charge in [0.05, 0.1) is 28.2 Å². The van der Waals surface area contributed by atoms with Crippen LogP contribution in [0.4, 0.5) is 0 Å². The third kappa shape index (κ3) is 5.78. The number of nitrogens with zero attached hydrogens (tertiary/aromatic N) is 2. The lowest BCUT2D eigenvalue weighted by Gasteiger charge is -2.12. The molecule has 176 valence electrons. The number of fused-ring (bicyclic) bond motifs is 1. The van der Waals surface area contributed by atoms with Crippen molar-refractivity contribution in [1.29, 1.82) is 0 Å². The maximum atomic E-state index is 12.4. The van der Waals surface area contributed by atoms with Gasteiger partial charge >= 0.3 is 0 Å². The molecule has 0 aliphatic rings. The normalized spacial score (nSPS) is 11.0. The molecule has 4 rings (SSSR count). The van der Waals surface area contributed by atoms with E-state index in [0.29, 0.717) is 23.7 Å². The number of ether oxygens (including phenoxy) is 1. The number of amides is 1. The summed E-state index contributed by atoms with van der Waals surface area (Å²) in [5.74, 6) is 1.79. The van der Waals surface area contributed by atoms with Crippen molar-refractivity contribution in [2.24, 2.45) is 0 Å². The number of benzene rings is 3. The molecule has 1 N–H and O–H groups in total. The van der Waals surface area contributed by atoms with Crippen LogP contribution in [0.1, 0.15) is 40.2 Å². The highest BCUT2D eigenvalue weighted by Gasteiger charge is 2.12. The number of rotatable bonds is 10. The van der Waals surface area contributed by atoms with Gasteiger partial charge in [-0.15, -0.1) is 0 Å². The maximum absolute atomic E-state index is 12.4. The highest BCUT2D eigenvalue weighted by atomic mass is 35.5. The number of carbonyl (C=O) groups is 1. The van der Waals surface area contributed by atoms with Crippen molar-refractivity contribution >= 4 is 28.5 Å². The molecule has 0 saturated heterocycles. The minimum atomic E-state index is -0.150. The number of hydrogen-bond donors (Lipinski definition) is 1. The number of aromatic nitrogens is 2. The molecule has 0 bridgehead atoms. The summed E-state index contributed by atoms with van der Waals surface area (Å²) in [7, 11) is 0. The SMILES string of the molecule is Cc1ccc(OCCCn2c(CCCNC(=O)c3ccccc3Cl)nc3ccccc32)cc1C. The van der Waals surface area contributed by atoms with Crippen LogP contribution in [-0.4, -0.2) is 28.6 Å². The first kappa shape index (κ1) is 23.8. The number of halogens is 1. The molecular weight excluding hydrogens is 446 g/mol. The molecule has 4 aromatic rings. The third-order valence-electron chi connectivity index (χ3n) is 5.99. The summed E-state index contributed by atoms with van der Waals surface area (Å²) in [5.41, 5.74) is 5.13. The van der Waals surface area contributed by atoms with E-state index >= 15 is 0 Å². The Balaban J connectivity index is 1.33. The van der Waals surface area contributed by atoms with E-state index < -0.39 is 0 Å². The molecule has 3 aromatic carbocycles. The number of para-hydroxylation sites is 2. The van der Waals surface area contributed by atoms with E-state index in [4.69, 9.17) is 21.3 Å². The number of imidazole rings is 1. The fourth-order valence-electron chi connectivity index (χ4n) is 3.97. The Morgan fingerprint density at radius 1 is 1.00 bits per heavy atom. The monoisotopic (exact) mass is 475 g/mol. The third-order valence-corrected chi connectivity index (χ3v) is 6.32. The van der Waals surface area contributed by atoms with Crippen molar-refractivity contribution in [3.63, 3.8) is 0 Å². The molecule has 1 amide bonds. The number of aryl methyl sites for hydroxylation is 4. The molecule has 6 heteroatoms. The highest BCUT2D eigenvalue weighted by Crippen LogP contribution is 2.20. The highest BCUT2D eigenvalue weighted by molar-refractivity contribution is 6.33. The van der Waals surface area contributed by atoms with Crippen molar-refractivity contribution in [2.45, 2.75) is 39.7 Å². The first-order valence-electron chi connectivity index (χ1n) is 11.7. The minimum absolute atomic E-state index is 0.150. The Kier molecular flexibility index (Phi) is 7.86. The minimum Gasteiger partial charge on any atom is -0.494 e. The molecule has 0 saturated carbocycles. The van der Waals surface area contributed by atoms with Gasteiger partial charge in [0, 0.05) is 19.5 Å². The molecule has 0 radical (unpaired) electrons. The van der Waals surface area contributed by atoms with Crippen LogP contribution in [0.3, 0.4) is 0 Å². The zero-order chi connectivity index (χ0) is 23.9. The molecule has 5 nitrogen and oxygen atoms in total. The first-order chi connectivity index (χ1) is 16.5. The Hall–Kier alpha value is -3.31. The van der Waals surface area contributed by atoms with Crippen LogP contribution in [0.5, 0.6) is 5.75 Å². The van der Waals surface area contributed by atoms with Crippen LogP contribution in [0.25, 0.3) is 11.0 Å². The topological polar surface area (TPSA) is 56.1 Å². The molecule has 1 heterocycles. The van der Waals surface area contributed by atoms with Crippen molar-refractivity contribution < 1.29 is 9.53 Å². The van der Waals surface area contributed by atoms with Crippen LogP contribution < -0.4 is 10.1 Å². The van der Waals surface area contributed by atoms with Crippen molar-refractivity contribution in [3.8, 4) is 5.75 Å². The van der Waals surface area contributed by atoms with Gasteiger partial charge in [-0.2, -0.15) is 0 Å². The Bertz CT molecular complexity index is 1280. The van der Waals surface area contributed by atoms with E-state index in [9.17, 15) is 4.79 Å². The van der Waals surface area contributed by atoms with Gasteiger partial charge in [0.1, 0.15) is 11.6 Å². The molecule has 0 unspecified atom stereocenters. The summed E-state index contributed by atoms with van der Waals surface area (Å²) in [6, 6.07) is 21.5. The molecule has 0 spiro atoms. The summed E-state index contributed by atoms with van der Waals surface area (Å²) >= 11 is 6.12. The smallest absolute Gasteiger partial charge is 0.252 e. The van der Waals surface area contributed by atoms with Gasteiger partial charge in [-0.1, -0.05) is 41.9 Å². The Labute approximate surface area is 205 Å². The van der Waals surface area contributed by atoms with Crippen molar-refractivity contribution in [1.82, 2.24) is 14.9 Å². The fourth-order valence-corrected chi connectivity index (χ4v) is 4.19. The van der Waals surface area contributed by atoms with Crippen LogP contribution in [0.2, 0.25) is 5.02 Å². The first-order valence-corrected chi connectivity index (χ1v) is 12.1. The number of carbonyl (C=O) groups excluding carboxylic acids is 1. The quantitative estimate of drug-likeness (QED) is 0.280. The summed E-state index contributed by atoms with van der Waals surface area (Å²) in [6.07, 6.45) is 2.44. The van der Waals surface area contributed by atoms with Crippen LogP contribution in [0, 0.1) is 13.8 Å². The predicted molar refractivity (Wildman–Crippen MR) is 138 cm³/mol. The second kappa shape index (κ2) is 11.2. The van der Waals surface area contributed by atoms with Gasteiger partial charge in [0.15, 0.2) is 0 Å². The summed E-state index contributed by atoms with van der Waals surface area (Å²) in [5, 5.41) is 3.42. The average molecular weight is 476 g/mol. The van der Waals surface area contributed by atoms with Gasteiger partial charge in [-0.3, -0.25) is 4.79 Å². The maximum Gasteiger partial charge on any atom is 0.252 e. The molecule has 34 heavy (non-hydrogen) atoms. The number of hydrogen-bond acceptors (Lipinski definition) is 3. The lowest BCUT2D eigenvalue weighted by Crippen LogP contribution is -2.25. The van der Waals surface area contributed by atoms with Crippen molar-refractivity contribution in [3.05, 3.63) is 94.3 Å². The predicted octanol–water partition coefficient (Wildman–Crippen LogP) is 6.14. The number of nitrogens with one attached hydrogen (secondary N) is 1. The van der Waals surface area contributed by atoms with E-state index in [1.54, 1.807) is 12.1 Å². The lowest BCUT2D eigenvalue weighted by atomic mass is 10.1. The van der Waals surface area contributed by atoms with Gasteiger partial charge in [0.2, 0.25) is 0 Å². The zero-order valence-electron chi connectivity index (χ0n) is 19.7. The van der Waals surface area contributed by atoms with E-state index in [1.165, 1.54) is 11.1 Å². The second-order valence-corrected chi connectivity index (χ2v) is 8.86. The van der Waals surface area contributed by atoms with Gasteiger partial charge in [0.25, 0.3) is 5.91 Å². The fraction of sp³-hybridized carbons (Fsp3) is 0.286. The van der Waals surface area contributed by atoms with Crippen molar-refractivity contribution in [2.75, 3.05) is 13.2 Å². The van der Waals surface area contributed by atoms with E-state index in [0.717, 1.165) is 48.4 Å². The molecule has 0 aliphatic heterocycles. The zero-order valence-corrected chi connectivity index (χ0v) is 20.4. The lowest BCUT2D eigenvalue weighted by molar-refractivity contribution is 0.0953. The summed E-state index contributed by atoms with van der Waals surface area (Å²) < 4.78 is 8.25. The van der Waals surface area contributed by atoms with Gasteiger partial charge < -0.3 is 14.6 Å². The van der Waals surface area contributed by atoms with E-state index in [1.807, 2.05) is 36.4 Å². The molecular formula is C28H30ClN3O2. The van der Waals surface area contributed by atoms with Crippen LogP contribution in [0.15, 0.2) is 66.7 Å². The molecule has 0 aliphatic carbocycles. The second-order valence-electron chi connectivity index (χ2n) is 8.46. The standard InChI is InChI=1S/C28H30ClN3O2/c1-20-14-15-22(19-21(20)2)34-18-8-17-32-26-12-6-5-11-25(26)31-27(32)13-7-16-30-28(33)23-9-3-4-10-24(23)29/h3-6,9-12,14-15,19H,7-8,13,16-18H2,1-2H3,(H,30,33). The van der Waals surface area contributed by atoms with Crippen LogP contribution in [-0.2, 0) is 13.0 Å². The largest absolute Gasteiger partial charge is 0.494 e. The van der Waals surface area contributed by atoms with E-state index in [2.05, 4.69) is 41.9 Å². The van der Waals surface area contributed by atoms with Gasteiger partial charge in [-0.25, -0.2) is 4.98 Å². The van der Waals surface area contributed by atoms with Crippen LogP contribution >= 0.6 is 11.6 Å². The summed E-state index contributed by atoms with van der Waals surface area (Å²) in [4.78, 5) is 17.2. The molecule has 0 fully saturated rings. The van der Waals surface area contributed by atoms with Gasteiger partial charge in [-0.05, 0) is 74.2 Å².